The molecular formula is C13H22N2O3. The molecule has 5 heteroatoms. The summed E-state index contributed by atoms with van der Waals surface area (Å²) in [4.78, 5) is 25.3. The minimum absolute atomic E-state index is 0.0567. The molecule has 1 aliphatic heterocycles. The van der Waals surface area contributed by atoms with Crippen LogP contribution >= 0.6 is 0 Å². The Morgan fingerprint density at radius 1 is 1.22 bits per heavy atom. The van der Waals surface area contributed by atoms with Crippen LogP contribution in [0.2, 0.25) is 0 Å². The number of hydrogen-bond acceptors (Lipinski definition) is 3. The Balaban J connectivity index is 1.83. The van der Waals surface area contributed by atoms with Gasteiger partial charge in [0.05, 0.1) is 5.92 Å². The van der Waals surface area contributed by atoms with Crippen LogP contribution in [0.1, 0.15) is 32.1 Å². The monoisotopic (exact) mass is 254 g/mol. The lowest BCUT2D eigenvalue weighted by Gasteiger charge is -2.27. The molecule has 0 bridgehead atoms. The van der Waals surface area contributed by atoms with Gasteiger partial charge in [0.1, 0.15) is 0 Å². The third kappa shape index (κ3) is 3.22. The molecular weight excluding hydrogens is 232 g/mol. The number of likely N-dealkylation sites (N-methyl/N-ethyl adjacent to an activating group) is 1. The molecule has 18 heavy (non-hydrogen) atoms. The molecule has 1 heterocycles. The van der Waals surface area contributed by atoms with E-state index in [4.69, 9.17) is 5.11 Å². The van der Waals surface area contributed by atoms with Gasteiger partial charge in [-0.3, -0.25) is 9.59 Å². The van der Waals surface area contributed by atoms with Crippen LogP contribution in [0.3, 0.4) is 0 Å². The van der Waals surface area contributed by atoms with Crippen molar-refractivity contribution in [3.05, 3.63) is 0 Å². The van der Waals surface area contributed by atoms with Gasteiger partial charge in [-0.1, -0.05) is 6.42 Å². The number of aliphatic carboxylic acids is 1. The second-order valence-corrected chi connectivity index (χ2v) is 5.66. The molecule has 1 amide bonds. The third-order valence-electron chi connectivity index (χ3n) is 4.13. The maximum Gasteiger partial charge on any atom is 0.306 e. The van der Waals surface area contributed by atoms with E-state index in [2.05, 4.69) is 10.2 Å². The molecule has 2 N–H and O–H groups in total. The molecule has 0 aromatic rings. The zero-order valence-corrected chi connectivity index (χ0v) is 10.9. The van der Waals surface area contributed by atoms with Crippen LogP contribution in [-0.2, 0) is 9.59 Å². The summed E-state index contributed by atoms with van der Waals surface area (Å²) in [5.41, 5.74) is 0. The van der Waals surface area contributed by atoms with Crippen LogP contribution in [0.5, 0.6) is 0 Å². The second-order valence-electron chi connectivity index (χ2n) is 5.66. The van der Waals surface area contributed by atoms with E-state index in [0.717, 1.165) is 32.4 Å². The molecule has 5 nitrogen and oxygen atoms in total. The van der Waals surface area contributed by atoms with Crippen LogP contribution in [0.4, 0.5) is 0 Å². The fourth-order valence-electron chi connectivity index (χ4n) is 3.02. The molecule has 0 aromatic carbocycles. The minimum Gasteiger partial charge on any atom is -0.481 e. The highest BCUT2D eigenvalue weighted by Gasteiger charge is 2.32. The minimum atomic E-state index is -0.756. The van der Waals surface area contributed by atoms with Crippen molar-refractivity contribution >= 4 is 11.9 Å². The normalized spacial score (nSPS) is 33.3. The van der Waals surface area contributed by atoms with Gasteiger partial charge in [-0.05, 0) is 39.3 Å². The topological polar surface area (TPSA) is 69.6 Å². The fourth-order valence-corrected chi connectivity index (χ4v) is 3.02. The third-order valence-corrected chi connectivity index (χ3v) is 4.13. The van der Waals surface area contributed by atoms with E-state index >= 15 is 0 Å². The number of amides is 1. The van der Waals surface area contributed by atoms with Crippen molar-refractivity contribution < 1.29 is 14.7 Å². The number of carbonyl (C=O) groups is 2. The average Bonchev–Trinajstić information content (AvgIpc) is 2.75. The maximum atomic E-state index is 12.1. The van der Waals surface area contributed by atoms with Gasteiger partial charge < -0.3 is 15.3 Å². The van der Waals surface area contributed by atoms with Gasteiger partial charge in [0, 0.05) is 18.5 Å². The Kier molecular flexibility index (Phi) is 4.22. The Labute approximate surface area is 108 Å². The second kappa shape index (κ2) is 5.69. The van der Waals surface area contributed by atoms with Crippen molar-refractivity contribution in [1.82, 2.24) is 10.2 Å². The molecule has 2 fully saturated rings. The summed E-state index contributed by atoms with van der Waals surface area (Å²) in [6.07, 6.45) is 3.89. The van der Waals surface area contributed by atoms with Crippen LogP contribution in [-0.4, -0.2) is 48.1 Å². The number of carboxylic acids is 1. The first-order valence-electron chi connectivity index (χ1n) is 6.78. The molecule has 0 aromatic heterocycles. The number of likely N-dealkylation sites (tertiary alicyclic amines) is 1. The van der Waals surface area contributed by atoms with Gasteiger partial charge in [0.15, 0.2) is 0 Å². The highest BCUT2D eigenvalue weighted by molar-refractivity contribution is 5.80. The predicted molar refractivity (Wildman–Crippen MR) is 67.1 cm³/mol. The van der Waals surface area contributed by atoms with Crippen molar-refractivity contribution in [2.75, 3.05) is 20.1 Å². The first kappa shape index (κ1) is 13.3. The molecule has 3 unspecified atom stereocenters. The number of nitrogens with zero attached hydrogens (tertiary/aromatic N) is 1. The van der Waals surface area contributed by atoms with Crippen molar-refractivity contribution in [3.63, 3.8) is 0 Å². The van der Waals surface area contributed by atoms with Crippen molar-refractivity contribution in [2.45, 2.75) is 38.1 Å². The summed E-state index contributed by atoms with van der Waals surface area (Å²) >= 11 is 0. The van der Waals surface area contributed by atoms with Crippen LogP contribution in [0.15, 0.2) is 0 Å². The summed E-state index contributed by atoms with van der Waals surface area (Å²) in [7, 11) is 2.05. The van der Waals surface area contributed by atoms with Crippen LogP contribution < -0.4 is 5.32 Å². The summed E-state index contributed by atoms with van der Waals surface area (Å²) in [6, 6.07) is 0.243. The maximum absolute atomic E-state index is 12.1. The standard InChI is InChI=1S/C13H22N2O3/c1-15-6-5-11(8-15)14-12(16)9-3-2-4-10(7-9)13(17)18/h9-11H,2-8H2,1H3,(H,14,16)(H,17,18). The number of carboxylic acid groups (broad SMARTS) is 1. The van der Waals surface area contributed by atoms with E-state index in [1.165, 1.54) is 0 Å². The molecule has 1 saturated carbocycles. The van der Waals surface area contributed by atoms with E-state index in [-0.39, 0.29) is 23.8 Å². The Morgan fingerprint density at radius 2 is 1.94 bits per heavy atom. The van der Waals surface area contributed by atoms with E-state index in [1.54, 1.807) is 0 Å². The van der Waals surface area contributed by atoms with E-state index < -0.39 is 5.97 Å². The van der Waals surface area contributed by atoms with Gasteiger partial charge in [0.2, 0.25) is 5.91 Å². The first-order chi connectivity index (χ1) is 8.56. The lowest BCUT2D eigenvalue weighted by atomic mass is 9.81. The molecule has 1 aliphatic carbocycles. The van der Waals surface area contributed by atoms with Crippen molar-refractivity contribution in [3.8, 4) is 0 Å². The predicted octanol–water partition coefficient (Wildman–Crippen LogP) is 0.698. The smallest absolute Gasteiger partial charge is 0.306 e. The zero-order valence-electron chi connectivity index (χ0n) is 10.9. The number of hydrogen-bond donors (Lipinski definition) is 2. The van der Waals surface area contributed by atoms with Gasteiger partial charge in [-0.15, -0.1) is 0 Å². The van der Waals surface area contributed by atoms with Gasteiger partial charge in [-0.25, -0.2) is 0 Å². The molecule has 0 spiro atoms. The van der Waals surface area contributed by atoms with E-state index in [1.807, 2.05) is 7.05 Å². The highest BCUT2D eigenvalue weighted by atomic mass is 16.4. The van der Waals surface area contributed by atoms with Crippen molar-refractivity contribution in [2.24, 2.45) is 11.8 Å². The van der Waals surface area contributed by atoms with E-state index in [9.17, 15) is 9.59 Å². The molecule has 1 saturated heterocycles. The fraction of sp³-hybridized carbons (Fsp3) is 0.846. The SMILES string of the molecule is CN1CCC(NC(=O)C2CCCC(C(=O)O)C2)C1. The lowest BCUT2D eigenvalue weighted by molar-refractivity contribution is -0.144. The van der Waals surface area contributed by atoms with Gasteiger partial charge in [-0.2, -0.15) is 0 Å². The molecule has 2 rings (SSSR count). The quantitative estimate of drug-likeness (QED) is 0.778. The summed E-state index contributed by atoms with van der Waals surface area (Å²) < 4.78 is 0. The summed E-state index contributed by atoms with van der Waals surface area (Å²) in [5, 5.41) is 12.1. The van der Waals surface area contributed by atoms with E-state index in [0.29, 0.717) is 12.8 Å². The van der Waals surface area contributed by atoms with Gasteiger partial charge >= 0.3 is 5.97 Å². The highest BCUT2D eigenvalue weighted by Crippen LogP contribution is 2.29. The average molecular weight is 254 g/mol. The number of nitrogens with one attached hydrogen (secondary N) is 1. The van der Waals surface area contributed by atoms with Crippen LogP contribution in [0.25, 0.3) is 0 Å². The summed E-state index contributed by atoms with van der Waals surface area (Å²) in [5.74, 6) is -1.14. The first-order valence-corrected chi connectivity index (χ1v) is 6.78. The Hall–Kier alpha value is -1.10. The molecule has 2 aliphatic rings. The Morgan fingerprint density at radius 3 is 2.56 bits per heavy atom. The molecule has 0 radical (unpaired) electrons. The Bertz CT molecular complexity index is 332. The van der Waals surface area contributed by atoms with Crippen molar-refractivity contribution in [1.29, 1.82) is 0 Å². The van der Waals surface area contributed by atoms with Crippen LogP contribution in [0, 0.1) is 11.8 Å². The number of rotatable bonds is 3. The summed E-state index contributed by atoms with van der Waals surface area (Å²) in [6.45, 7) is 1.92. The zero-order chi connectivity index (χ0) is 13.1. The van der Waals surface area contributed by atoms with Gasteiger partial charge in [0.25, 0.3) is 0 Å². The molecule has 102 valence electrons. The molecule has 3 atom stereocenters. The largest absolute Gasteiger partial charge is 0.481 e. The lowest BCUT2D eigenvalue weighted by Crippen LogP contribution is -2.42. The number of carbonyl (C=O) groups excluding carboxylic acids is 1.